The van der Waals surface area contributed by atoms with Gasteiger partial charge < -0.3 is 15.1 Å². The Hall–Kier alpha value is -0.120. The second kappa shape index (κ2) is 6.38. The van der Waals surface area contributed by atoms with Gasteiger partial charge in [0, 0.05) is 19.6 Å². The van der Waals surface area contributed by atoms with E-state index in [0.717, 1.165) is 19.0 Å². The van der Waals surface area contributed by atoms with Crippen molar-refractivity contribution >= 4 is 0 Å². The lowest BCUT2D eigenvalue weighted by Crippen LogP contribution is -2.38. The number of piperidine rings is 1. The molecule has 1 unspecified atom stereocenters. The van der Waals surface area contributed by atoms with Crippen LogP contribution in [0.4, 0.5) is 0 Å². The van der Waals surface area contributed by atoms with Crippen molar-refractivity contribution in [1.82, 2.24) is 15.1 Å². The zero-order chi connectivity index (χ0) is 10.4. The van der Waals surface area contributed by atoms with Gasteiger partial charge in [0.25, 0.3) is 0 Å². The molecule has 1 fully saturated rings. The number of nitrogens with zero attached hydrogens (tertiary/aromatic N) is 2. The number of likely N-dealkylation sites (tertiary alicyclic amines) is 1. The molecule has 14 heavy (non-hydrogen) atoms. The molecule has 0 aliphatic carbocycles. The number of hydrogen-bond donors (Lipinski definition) is 1. The number of likely N-dealkylation sites (N-methyl/N-ethyl adjacent to an activating group) is 1. The van der Waals surface area contributed by atoms with Crippen molar-refractivity contribution in [2.24, 2.45) is 5.92 Å². The summed E-state index contributed by atoms with van der Waals surface area (Å²) in [5, 5.41) is 3.54. The second-order valence-corrected chi connectivity index (χ2v) is 4.78. The zero-order valence-electron chi connectivity index (χ0n) is 9.92. The molecule has 1 aliphatic heterocycles. The van der Waals surface area contributed by atoms with Gasteiger partial charge in [0.2, 0.25) is 0 Å². The molecular formula is C11H25N3. The summed E-state index contributed by atoms with van der Waals surface area (Å²) in [7, 11) is 6.47. The summed E-state index contributed by atoms with van der Waals surface area (Å²) in [5.74, 6) is 0.871. The summed E-state index contributed by atoms with van der Waals surface area (Å²) in [6.45, 7) is 6.01. The van der Waals surface area contributed by atoms with Crippen molar-refractivity contribution in [3.63, 3.8) is 0 Å². The highest BCUT2D eigenvalue weighted by molar-refractivity contribution is 4.72. The van der Waals surface area contributed by atoms with E-state index in [1.54, 1.807) is 0 Å². The van der Waals surface area contributed by atoms with Gasteiger partial charge in [0.05, 0.1) is 0 Å². The van der Waals surface area contributed by atoms with Crippen LogP contribution in [0.25, 0.3) is 0 Å². The molecule has 0 radical (unpaired) electrons. The third-order valence-electron chi connectivity index (χ3n) is 2.89. The molecule has 1 N–H and O–H groups in total. The van der Waals surface area contributed by atoms with E-state index in [-0.39, 0.29) is 0 Å². The van der Waals surface area contributed by atoms with E-state index in [2.05, 4.69) is 36.3 Å². The Labute approximate surface area is 88.5 Å². The van der Waals surface area contributed by atoms with E-state index >= 15 is 0 Å². The SMILES string of the molecule is CN(C)CCNCC1CCCN(C)C1. The molecular weight excluding hydrogens is 174 g/mol. The third kappa shape index (κ3) is 4.94. The molecule has 0 spiro atoms. The zero-order valence-corrected chi connectivity index (χ0v) is 9.92. The molecule has 1 heterocycles. The van der Waals surface area contributed by atoms with Gasteiger partial charge in [-0.05, 0) is 53.0 Å². The minimum atomic E-state index is 0.871. The first kappa shape index (κ1) is 12.0. The first-order chi connectivity index (χ1) is 6.68. The maximum Gasteiger partial charge on any atom is 0.0101 e. The predicted octanol–water partition coefficient (Wildman–Crippen LogP) is 0.479. The van der Waals surface area contributed by atoms with Crippen LogP contribution >= 0.6 is 0 Å². The van der Waals surface area contributed by atoms with Crippen molar-refractivity contribution in [3.05, 3.63) is 0 Å². The van der Waals surface area contributed by atoms with Crippen LogP contribution in [-0.2, 0) is 0 Å². The lowest BCUT2D eigenvalue weighted by Gasteiger charge is -2.29. The average Bonchev–Trinajstić information content (AvgIpc) is 2.12. The summed E-state index contributed by atoms with van der Waals surface area (Å²) < 4.78 is 0. The Morgan fingerprint density at radius 3 is 2.86 bits per heavy atom. The lowest BCUT2D eigenvalue weighted by atomic mass is 9.98. The Bertz CT molecular complexity index is 147. The molecule has 3 heteroatoms. The van der Waals surface area contributed by atoms with Crippen LogP contribution in [-0.4, -0.2) is 63.7 Å². The summed E-state index contributed by atoms with van der Waals surface area (Å²) in [5.41, 5.74) is 0. The van der Waals surface area contributed by atoms with Gasteiger partial charge in [-0.1, -0.05) is 0 Å². The highest BCUT2D eigenvalue weighted by Crippen LogP contribution is 2.13. The third-order valence-corrected chi connectivity index (χ3v) is 2.89. The fraction of sp³-hybridized carbons (Fsp3) is 1.00. The predicted molar refractivity (Wildman–Crippen MR) is 61.6 cm³/mol. The Balaban J connectivity index is 2.00. The highest BCUT2D eigenvalue weighted by Gasteiger charge is 2.16. The number of hydrogen-bond acceptors (Lipinski definition) is 3. The van der Waals surface area contributed by atoms with E-state index in [1.807, 2.05) is 0 Å². The molecule has 0 aromatic heterocycles. The van der Waals surface area contributed by atoms with Gasteiger partial charge in [-0.2, -0.15) is 0 Å². The Kier molecular flexibility index (Phi) is 5.45. The summed E-state index contributed by atoms with van der Waals surface area (Å²) in [6.07, 6.45) is 2.77. The first-order valence-corrected chi connectivity index (χ1v) is 5.72. The van der Waals surface area contributed by atoms with Crippen molar-refractivity contribution in [1.29, 1.82) is 0 Å². The average molecular weight is 199 g/mol. The van der Waals surface area contributed by atoms with E-state index in [4.69, 9.17) is 0 Å². The molecule has 1 saturated heterocycles. The molecule has 0 aromatic carbocycles. The fourth-order valence-electron chi connectivity index (χ4n) is 2.05. The normalized spacial score (nSPS) is 24.4. The molecule has 0 amide bonds. The van der Waals surface area contributed by atoms with E-state index in [1.165, 1.54) is 32.5 Å². The maximum atomic E-state index is 3.54. The lowest BCUT2D eigenvalue weighted by molar-refractivity contribution is 0.205. The monoisotopic (exact) mass is 199 g/mol. The van der Waals surface area contributed by atoms with Crippen molar-refractivity contribution in [2.45, 2.75) is 12.8 Å². The summed E-state index contributed by atoms with van der Waals surface area (Å²) in [6, 6.07) is 0. The topological polar surface area (TPSA) is 18.5 Å². The van der Waals surface area contributed by atoms with Gasteiger partial charge >= 0.3 is 0 Å². The largest absolute Gasteiger partial charge is 0.315 e. The second-order valence-electron chi connectivity index (χ2n) is 4.78. The molecule has 0 saturated carbocycles. The first-order valence-electron chi connectivity index (χ1n) is 5.72. The van der Waals surface area contributed by atoms with E-state index in [9.17, 15) is 0 Å². The van der Waals surface area contributed by atoms with Crippen LogP contribution in [0.2, 0.25) is 0 Å². The van der Waals surface area contributed by atoms with Crippen molar-refractivity contribution in [2.75, 3.05) is 53.9 Å². The van der Waals surface area contributed by atoms with Crippen LogP contribution < -0.4 is 5.32 Å². The number of nitrogens with one attached hydrogen (secondary N) is 1. The molecule has 84 valence electrons. The van der Waals surface area contributed by atoms with Crippen LogP contribution in [0.15, 0.2) is 0 Å². The minimum Gasteiger partial charge on any atom is -0.315 e. The molecule has 1 rings (SSSR count). The van der Waals surface area contributed by atoms with Gasteiger partial charge in [-0.3, -0.25) is 0 Å². The molecule has 0 aromatic rings. The van der Waals surface area contributed by atoms with Crippen molar-refractivity contribution in [3.8, 4) is 0 Å². The standard InChI is InChI=1S/C11H25N3/c1-13(2)8-6-12-9-11-5-4-7-14(3)10-11/h11-12H,4-10H2,1-3H3. The highest BCUT2D eigenvalue weighted by atomic mass is 15.1. The van der Waals surface area contributed by atoms with Crippen LogP contribution in [0, 0.1) is 5.92 Å². The molecule has 1 aliphatic rings. The molecule has 1 atom stereocenters. The molecule has 0 bridgehead atoms. The van der Waals surface area contributed by atoms with Crippen LogP contribution in [0.1, 0.15) is 12.8 Å². The van der Waals surface area contributed by atoms with Gasteiger partial charge in [-0.15, -0.1) is 0 Å². The summed E-state index contributed by atoms with van der Waals surface area (Å²) in [4.78, 5) is 4.67. The van der Waals surface area contributed by atoms with Gasteiger partial charge in [-0.25, -0.2) is 0 Å². The van der Waals surface area contributed by atoms with Crippen LogP contribution in [0.5, 0.6) is 0 Å². The van der Waals surface area contributed by atoms with Gasteiger partial charge in [0.15, 0.2) is 0 Å². The van der Waals surface area contributed by atoms with Crippen molar-refractivity contribution < 1.29 is 0 Å². The van der Waals surface area contributed by atoms with Crippen LogP contribution in [0.3, 0.4) is 0 Å². The maximum absolute atomic E-state index is 3.54. The van der Waals surface area contributed by atoms with Gasteiger partial charge in [0.1, 0.15) is 0 Å². The van der Waals surface area contributed by atoms with E-state index < -0.39 is 0 Å². The minimum absolute atomic E-state index is 0.871. The Morgan fingerprint density at radius 1 is 1.43 bits per heavy atom. The quantitative estimate of drug-likeness (QED) is 0.650. The molecule has 3 nitrogen and oxygen atoms in total. The summed E-state index contributed by atoms with van der Waals surface area (Å²) >= 11 is 0. The number of rotatable bonds is 5. The van der Waals surface area contributed by atoms with E-state index in [0.29, 0.717) is 0 Å². The Morgan fingerprint density at radius 2 is 2.21 bits per heavy atom. The smallest absolute Gasteiger partial charge is 0.0101 e. The fourth-order valence-corrected chi connectivity index (χ4v) is 2.05.